The second-order valence-corrected chi connectivity index (χ2v) is 7.65. The molecule has 0 spiro atoms. The van der Waals surface area contributed by atoms with Crippen molar-refractivity contribution in [3.63, 3.8) is 0 Å². The zero-order chi connectivity index (χ0) is 21.1. The van der Waals surface area contributed by atoms with Crippen molar-refractivity contribution >= 4 is 28.4 Å². The van der Waals surface area contributed by atoms with Crippen molar-refractivity contribution in [1.82, 2.24) is 19.9 Å². The summed E-state index contributed by atoms with van der Waals surface area (Å²) in [7, 11) is 0. The Labute approximate surface area is 175 Å². The number of primary amides is 1. The molecule has 154 valence electrons. The number of nitrogens with two attached hydrogens (primary N) is 1. The molecule has 30 heavy (non-hydrogen) atoms. The molecule has 1 fully saturated rings. The summed E-state index contributed by atoms with van der Waals surface area (Å²) in [5, 5.41) is 1.15. The van der Waals surface area contributed by atoms with E-state index in [1.807, 2.05) is 25.1 Å². The van der Waals surface area contributed by atoms with Crippen LogP contribution in [0.5, 0.6) is 0 Å². The minimum absolute atomic E-state index is 0.264. The minimum Gasteiger partial charge on any atom is -0.364 e. The Morgan fingerprint density at radius 2 is 2.03 bits per heavy atom. The number of H-pyrrole nitrogens is 1. The lowest BCUT2D eigenvalue weighted by Gasteiger charge is -2.34. The summed E-state index contributed by atoms with van der Waals surface area (Å²) in [6.45, 7) is 13.6. The fourth-order valence-corrected chi connectivity index (χ4v) is 3.93. The van der Waals surface area contributed by atoms with Crippen molar-refractivity contribution in [2.45, 2.75) is 19.8 Å². The number of carbonyl (C=O) groups is 1. The van der Waals surface area contributed by atoms with Crippen LogP contribution in [-0.2, 0) is 6.42 Å². The number of aromatic nitrogens is 3. The van der Waals surface area contributed by atoms with Crippen LogP contribution in [0.15, 0.2) is 30.5 Å². The zero-order valence-corrected chi connectivity index (χ0v) is 17.1. The lowest BCUT2D eigenvalue weighted by molar-refractivity contribution is 0.0995. The van der Waals surface area contributed by atoms with E-state index in [9.17, 15) is 4.79 Å². The molecule has 3 aromatic rings. The average molecular weight is 403 g/mol. The van der Waals surface area contributed by atoms with Crippen molar-refractivity contribution in [2.75, 3.05) is 37.6 Å². The second-order valence-electron chi connectivity index (χ2n) is 7.65. The highest BCUT2D eigenvalue weighted by atomic mass is 16.1. The van der Waals surface area contributed by atoms with Gasteiger partial charge in [0.1, 0.15) is 5.69 Å². The molecule has 1 amide bonds. The topological polar surface area (TPSA) is 95.5 Å². The summed E-state index contributed by atoms with van der Waals surface area (Å²) in [5.41, 5.74) is 9.41. The number of hydrogen-bond donors (Lipinski definition) is 2. The van der Waals surface area contributed by atoms with Crippen LogP contribution in [0.3, 0.4) is 0 Å². The number of fused-ring (bicyclic) bond motifs is 1. The number of nitrogens with zero attached hydrogens (tertiary/aromatic N) is 5. The van der Waals surface area contributed by atoms with Crippen molar-refractivity contribution in [3.8, 4) is 0 Å². The first kappa shape index (κ1) is 19.9. The van der Waals surface area contributed by atoms with Gasteiger partial charge in [0, 0.05) is 43.6 Å². The van der Waals surface area contributed by atoms with Crippen molar-refractivity contribution in [2.24, 2.45) is 5.73 Å². The van der Waals surface area contributed by atoms with Crippen LogP contribution in [0, 0.1) is 13.5 Å². The van der Waals surface area contributed by atoms with E-state index in [2.05, 4.69) is 35.8 Å². The molecule has 3 heterocycles. The van der Waals surface area contributed by atoms with Gasteiger partial charge in [-0.05, 0) is 55.5 Å². The number of benzene rings is 1. The van der Waals surface area contributed by atoms with E-state index >= 15 is 0 Å². The number of piperazine rings is 1. The van der Waals surface area contributed by atoms with E-state index in [1.165, 1.54) is 5.56 Å². The van der Waals surface area contributed by atoms with Crippen LogP contribution in [0.4, 0.5) is 11.6 Å². The van der Waals surface area contributed by atoms with Gasteiger partial charge >= 0.3 is 0 Å². The van der Waals surface area contributed by atoms with Gasteiger partial charge in [-0.2, -0.15) is 0 Å². The maximum Gasteiger partial charge on any atom is 0.267 e. The third-order valence-electron chi connectivity index (χ3n) is 5.55. The fourth-order valence-electron chi connectivity index (χ4n) is 3.93. The molecular formula is C22H25N7O. The Hall–Kier alpha value is -3.44. The summed E-state index contributed by atoms with van der Waals surface area (Å²) >= 11 is 0. The molecule has 0 unspecified atom stereocenters. The van der Waals surface area contributed by atoms with Crippen molar-refractivity contribution in [3.05, 3.63) is 58.8 Å². The minimum atomic E-state index is -0.527. The molecule has 8 heteroatoms. The van der Waals surface area contributed by atoms with Gasteiger partial charge in [0.25, 0.3) is 5.91 Å². The summed E-state index contributed by atoms with van der Waals surface area (Å²) in [6, 6.07) is 7.41. The van der Waals surface area contributed by atoms with E-state index in [4.69, 9.17) is 12.3 Å². The lowest BCUT2D eigenvalue weighted by Crippen LogP contribution is -2.47. The highest BCUT2D eigenvalue weighted by Gasteiger charge is 2.20. The molecule has 1 aromatic carbocycles. The molecule has 0 saturated carbocycles. The third kappa shape index (κ3) is 4.26. The molecule has 0 bridgehead atoms. The Morgan fingerprint density at radius 3 is 2.77 bits per heavy atom. The SMILES string of the molecule is [C-]#[N+]c1ccc2[nH]cc(CCCN3CCN(c4nc(C)cc(C(N)=O)n4)CC3)c2c1. The molecule has 4 rings (SSSR count). The predicted molar refractivity (Wildman–Crippen MR) is 117 cm³/mol. The molecule has 1 saturated heterocycles. The third-order valence-corrected chi connectivity index (χ3v) is 5.55. The molecule has 1 aliphatic rings. The van der Waals surface area contributed by atoms with E-state index < -0.39 is 5.91 Å². The van der Waals surface area contributed by atoms with E-state index in [-0.39, 0.29) is 5.69 Å². The van der Waals surface area contributed by atoms with Crippen LogP contribution in [0.25, 0.3) is 15.7 Å². The molecule has 8 nitrogen and oxygen atoms in total. The monoisotopic (exact) mass is 403 g/mol. The highest BCUT2D eigenvalue weighted by Crippen LogP contribution is 2.25. The molecule has 0 radical (unpaired) electrons. The maximum absolute atomic E-state index is 11.5. The van der Waals surface area contributed by atoms with Crippen LogP contribution in [0.1, 0.15) is 28.2 Å². The van der Waals surface area contributed by atoms with Crippen molar-refractivity contribution in [1.29, 1.82) is 0 Å². The number of amides is 1. The maximum atomic E-state index is 11.5. The van der Waals surface area contributed by atoms with Gasteiger partial charge in [0.2, 0.25) is 5.95 Å². The lowest BCUT2D eigenvalue weighted by atomic mass is 10.1. The molecule has 2 aromatic heterocycles. The normalized spacial score (nSPS) is 14.7. The predicted octanol–water partition coefficient (Wildman–Crippen LogP) is 2.67. The van der Waals surface area contributed by atoms with E-state index in [0.29, 0.717) is 11.6 Å². The quantitative estimate of drug-likeness (QED) is 0.617. The fraction of sp³-hybridized carbons (Fsp3) is 0.364. The van der Waals surface area contributed by atoms with Gasteiger partial charge in [0.05, 0.1) is 6.57 Å². The highest BCUT2D eigenvalue weighted by molar-refractivity contribution is 5.91. The van der Waals surface area contributed by atoms with Gasteiger partial charge < -0.3 is 15.6 Å². The summed E-state index contributed by atoms with van der Waals surface area (Å²) in [4.78, 5) is 31.6. The first-order valence-electron chi connectivity index (χ1n) is 10.1. The zero-order valence-electron chi connectivity index (χ0n) is 17.1. The number of hydrogen-bond acceptors (Lipinski definition) is 5. The molecule has 0 aliphatic carbocycles. The summed E-state index contributed by atoms with van der Waals surface area (Å²) in [6.07, 6.45) is 4.09. The van der Waals surface area contributed by atoms with E-state index in [0.717, 1.165) is 62.2 Å². The second kappa shape index (κ2) is 8.51. The molecule has 3 N–H and O–H groups in total. The van der Waals surface area contributed by atoms with Crippen LogP contribution < -0.4 is 10.6 Å². The Balaban J connectivity index is 1.31. The van der Waals surface area contributed by atoms with Gasteiger partial charge in [-0.3, -0.25) is 9.69 Å². The smallest absolute Gasteiger partial charge is 0.267 e. The number of rotatable bonds is 6. The first-order valence-corrected chi connectivity index (χ1v) is 10.1. The number of nitrogens with one attached hydrogen (secondary N) is 1. The number of aromatic amines is 1. The van der Waals surface area contributed by atoms with Gasteiger partial charge in [-0.15, -0.1) is 0 Å². The van der Waals surface area contributed by atoms with Gasteiger partial charge in [0.15, 0.2) is 5.69 Å². The van der Waals surface area contributed by atoms with Crippen molar-refractivity contribution < 1.29 is 4.79 Å². The average Bonchev–Trinajstić information content (AvgIpc) is 3.16. The van der Waals surface area contributed by atoms with Crippen LogP contribution in [-0.4, -0.2) is 58.5 Å². The largest absolute Gasteiger partial charge is 0.364 e. The van der Waals surface area contributed by atoms with Gasteiger partial charge in [-0.25, -0.2) is 14.8 Å². The van der Waals surface area contributed by atoms with Gasteiger partial charge in [-0.1, -0.05) is 6.07 Å². The number of anilines is 1. The molecular weight excluding hydrogens is 378 g/mol. The summed E-state index contributed by atoms with van der Waals surface area (Å²) < 4.78 is 0. The van der Waals surface area contributed by atoms with Crippen LogP contribution >= 0.6 is 0 Å². The summed E-state index contributed by atoms with van der Waals surface area (Å²) in [5.74, 6) is 0.0547. The Kier molecular flexibility index (Phi) is 5.63. The van der Waals surface area contributed by atoms with E-state index in [1.54, 1.807) is 6.07 Å². The Morgan fingerprint density at radius 1 is 1.23 bits per heavy atom. The number of aryl methyl sites for hydroxylation is 2. The molecule has 1 aliphatic heterocycles. The molecule has 0 atom stereocenters. The Bertz CT molecular complexity index is 1110. The first-order chi connectivity index (χ1) is 14.5. The van der Waals surface area contributed by atoms with Crippen LogP contribution in [0.2, 0.25) is 0 Å². The standard InChI is InChI=1S/C22H25N7O/c1-15-12-20(21(23)30)27-22(26-15)29-10-8-28(9-11-29)7-3-4-16-14-25-19-6-5-17(24-2)13-18(16)19/h5-6,12-14,25H,3-4,7-11H2,1H3,(H2,23,30). The number of carbonyl (C=O) groups excluding carboxylic acids is 1.